The van der Waals surface area contributed by atoms with Gasteiger partial charge in [-0.15, -0.1) is 0 Å². The predicted octanol–water partition coefficient (Wildman–Crippen LogP) is 2.78. The average molecular weight is 343 g/mol. The number of aryl methyl sites for hydroxylation is 2. The number of nitrogens with one attached hydrogen (secondary N) is 1. The molecule has 1 N–H and O–H groups in total. The Bertz CT molecular complexity index is 730. The van der Waals surface area contributed by atoms with Gasteiger partial charge in [0.05, 0.1) is 17.8 Å². The van der Waals surface area contributed by atoms with Gasteiger partial charge in [-0.2, -0.15) is 10.2 Å². The fourth-order valence-corrected chi connectivity index (χ4v) is 3.49. The Morgan fingerprint density at radius 2 is 2.20 bits per heavy atom. The molecule has 0 spiro atoms. The van der Waals surface area contributed by atoms with Crippen LogP contribution in [0, 0.1) is 0 Å². The monoisotopic (exact) mass is 343 g/mol. The maximum Gasteiger partial charge on any atom is 0.228 e. The van der Waals surface area contributed by atoms with Crippen molar-refractivity contribution in [1.82, 2.24) is 24.9 Å². The van der Waals surface area contributed by atoms with Gasteiger partial charge in [0.1, 0.15) is 0 Å². The number of aromatic amines is 1. The van der Waals surface area contributed by atoms with Gasteiger partial charge < -0.3 is 4.90 Å². The molecule has 3 rings (SSSR count). The molecule has 1 aliphatic rings. The first-order valence-corrected chi connectivity index (χ1v) is 9.32. The average Bonchev–Trinajstić information content (AvgIpc) is 3.22. The zero-order valence-electron chi connectivity index (χ0n) is 15.7. The van der Waals surface area contributed by atoms with Crippen LogP contribution >= 0.6 is 0 Å². The van der Waals surface area contributed by atoms with E-state index in [0.717, 1.165) is 55.1 Å². The van der Waals surface area contributed by atoms with Gasteiger partial charge in [0.25, 0.3) is 0 Å². The van der Waals surface area contributed by atoms with E-state index in [1.807, 2.05) is 22.7 Å². The lowest BCUT2D eigenvalue weighted by molar-refractivity contribution is -0.131. The van der Waals surface area contributed by atoms with Crippen LogP contribution in [0.3, 0.4) is 0 Å². The molecule has 1 atom stereocenters. The number of rotatable bonds is 5. The van der Waals surface area contributed by atoms with Gasteiger partial charge in [0.15, 0.2) is 0 Å². The van der Waals surface area contributed by atoms with Gasteiger partial charge in [0.2, 0.25) is 5.91 Å². The summed E-state index contributed by atoms with van der Waals surface area (Å²) >= 11 is 0. The van der Waals surface area contributed by atoms with E-state index in [2.05, 4.69) is 42.1 Å². The van der Waals surface area contributed by atoms with Gasteiger partial charge in [-0.25, -0.2) is 0 Å². The number of hydrogen-bond acceptors (Lipinski definition) is 3. The molecular weight excluding hydrogens is 314 g/mol. The van der Waals surface area contributed by atoms with Crippen LogP contribution in [-0.4, -0.2) is 43.9 Å². The van der Waals surface area contributed by atoms with Crippen molar-refractivity contribution in [2.45, 2.75) is 58.3 Å². The third-order valence-corrected chi connectivity index (χ3v) is 5.14. The molecule has 1 aliphatic heterocycles. The minimum atomic E-state index is 0.193. The number of carbonyl (C=O) groups is 1. The molecule has 2 aromatic rings. The fraction of sp³-hybridized carbons (Fsp3) is 0.632. The number of piperidine rings is 1. The van der Waals surface area contributed by atoms with Gasteiger partial charge in [-0.1, -0.05) is 20.8 Å². The summed E-state index contributed by atoms with van der Waals surface area (Å²) in [6.07, 6.45) is 3.47. The molecule has 6 heteroatoms. The quantitative estimate of drug-likeness (QED) is 0.908. The van der Waals surface area contributed by atoms with Crippen molar-refractivity contribution >= 4 is 5.91 Å². The lowest BCUT2D eigenvalue weighted by atomic mass is 9.94. The van der Waals surface area contributed by atoms with Crippen LogP contribution < -0.4 is 0 Å². The number of aromatic nitrogens is 4. The third kappa shape index (κ3) is 3.94. The van der Waals surface area contributed by atoms with Crippen LogP contribution in [-0.2, 0) is 24.7 Å². The van der Waals surface area contributed by atoms with Crippen LogP contribution in [0.15, 0.2) is 12.1 Å². The molecule has 0 aromatic carbocycles. The second-order valence-electron chi connectivity index (χ2n) is 7.36. The zero-order valence-corrected chi connectivity index (χ0v) is 15.7. The largest absolute Gasteiger partial charge is 0.342 e. The van der Waals surface area contributed by atoms with Crippen LogP contribution in [0.5, 0.6) is 0 Å². The fourth-order valence-electron chi connectivity index (χ4n) is 3.49. The zero-order chi connectivity index (χ0) is 18.0. The molecule has 1 fully saturated rings. The summed E-state index contributed by atoms with van der Waals surface area (Å²) in [7, 11) is 1.92. The number of carbonyl (C=O) groups excluding carboxylic acids is 1. The van der Waals surface area contributed by atoms with Crippen LogP contribution in [0.2, 0.25) is 0 Å². The van der Waals surface area contributed by atoms with Crippen molar-refractivity contribution in [2.24, 2.45) is 7.05 Å². The Labute approximate surface area is 149 Å². The molecule has 1 amide bonds. The van der Waals surface area contributed by atoms with Crippen molar-refractivity contribution in [3.63, 3.8) is 0 Å². The molecule has 6 nitrogen and oxygen atoms in total. The summed E-state index contributed by atoms with van der Waals surface area (Å²) in [4.78, 5) is 14.8. The maximum absolute atomic E-state index is 12.8. The molecule has 2 aromatic heterocycles. The normalized spacial score (nSPS) is 18.1. The number of nitrogens with zero attached hydrogens (tertiary/aromatic N) is 4. The first kappa shape index (κ1) is 17.7. The molecule has 0 radical (unpaired) electrons. The number of likely N-dealkylation sites (tertiary alicyclic amines) is 1. The lowest BCUT2D eigenvalue weighted by Gasteiger charge is -2.32. The lowest BCUT2D eigenvalue weighted by Crippen LogP contribution is -2.40. The summed E-state index contributed by atoms with van der Waals surface area (Å²) in [5.74, 6) is 0.971. The Morgan fingerprint density at radius 3 is 2.84 bits per heavy atom. The Kier molecular flexibility index (Phi) is 5.25. The number of hydrogen-bond donors (Lipinski definition) is 1. The van der Waals surface area contributed by atoms with E-state index in [1.54, 1.807) is 0 Å². The van der Waals surface area contributed by atoms with Gasteiger partial charge in [-0.05, 0) is 37.3 Å². The number of H-pyrrole nitrogens is 1. The van der Waals surface area contributed by atoms with Crippen LogP contribution in [0.4, 0.5) is 0 Å². The summed E-state index contributed by atoms with van der Waals surface area (Å²) in [6, 6.07) is 4.21. The van der Waals surface area contributed by atoms with Gasteiger partial charge >= 0.3 is 0 Å². The van der Waals surface area contributed by atoms with Crippen molar-refractivity contribution in [3.05, 3.63) is 34.9 Å². The highest BCUT2D eigenvalue weighted by molar-refractivity contribution is 5.78. The summed E-state index contributed by atoms with van der Waals surface area (Å²) in [6.45, 7) is 8.00. The van der Waals surface area contributed by atoms with Crippen molar-refractivity contribution in [1.29, 1.82) is 0 Å². The van der Waals surface area contributed by atoms with E-state index in [-0.39, 0.29) is 5.91 Å². The highest BCUT2D eigenvalue weighted by atomic mass is 16.2. The summed E-state index contributed by atoms with van der Waals surface area (Å²) < 4.78 is 1.84. The smallest absolute Gasteiger partial charge is 0.228 e. The third-order valence-electron chi connectivity index (χ3n) is 5.14. The molecule has 0 saturated carbocycles. The van der Waals surface area contributed by atoms with E-state index in [4.69, 9.17) is 0 Å². The summed E-state index contributed by atoms with van der Waals surface area (Å²) in [5, 5.41) is 12.0. The topological polar surface area (TPSA) is 66.8 Å². The molecule has 25 heavy (non-hydrogen) atoms. The van der Waals surface area contributed by atoms with Crippen molar-refractivity contribution < 1.29 is 4.79 Å². The predicted molar refractivity (Wildman–Crippen MR) is 97.5 cm³/mol. The molecular formula is C19H29N5O. The molecule has 3 heterocycles. The minimum absolute atomic E-state index is 0.193. The Hall–Kier alpha value is -2.11. The van der Waals surface area contributed by atoms with E-state index in [9.17, 15) is 4.79 Å². The van der Waals surface area contributed by atoms with Gasteiger partial charge in [-0.3, -0.25) is 14.6 Å². The first-order chi connectivity index (χ1) is 12.0. The Balaban J connectivity index is 1.65. The second kappa shape index (κ2) is 7.42. The van der Waals surface area contributed by atoms with E-state index < -0.39 is 0 Å². The highest BCUT2D eigenvalue weighted by Crippen LogP contribution is 2.27. The number of amides is 1. The first-order valence-electron chi connectivity index (χ1n) is 9.32. The standard InChI is InChI=1S/C19H29N5O/c1-5-15-9-16(23(4)22-15)10-19(25)24-8-6-7-14(12-24)18-11-17(13(2)3)20-21-18/h9,11,13-14H,5-8,10,12H2,1-4H3,(H,20,21). The minimum Gasteiger partial charge on any atom is -0.342 e. The van der Waals surface area contributed by atoms with Crippen molar-refractivity contribution in [3.8, 4) is 0 Å². The molecule has 1 saturated heterocycles. The van der Waals surface area contributed by atoms with Crippen molar-refractivity contribution in [2.75, 3.05) is 13.1 Å². The van der Waals surface area contributed by atoms with E-state index >= 15 is 0 Å². The van der Waals surface area contributed by atoms with Crippen LogP contribution in [0.1, 0.15) is 68.2 Å². The van der Waals surface area contributed by atoms with E-state index in [0.29, 0.717) is 18.3 Å². The maximum atomic E-state index is 12.8. The van der Waals surface area contributed by atoms with Gasteiger partial charge in [0, 0.05) is 37.4 Å². The van der Waals surface area contributed by atoms with Crippen LogP contribution in [0.25, 0.3) is 0 Å². The highest BCUT2D eigenvalue weighted by Gasteiger charge is 2.26. The summed E-state index contributed by atoms with van der Waals surface area (Å²) in [5.41, 5.74) is 4.29. The molecule has 136 valence electrons. The Morgan fingerprint density at radius 1 is 1.40 bits per heavy atom. The second-order valence-corrected chi connectivity index (χ2v) is 7.36. The molecule has 0 aliphatic carbocycles. The SMILES string of the molecule is CCc1cc(CC(=O)N2CCCC(c3cc(C(C)C)n[nH]3)C2)n(C)n1. The molecule has 0 bridgehead atoms. The molecule has 1 unspecified atom stereocenters. The van der Waals surface area contributed by atoms with E-state index in [1.165, 1.54) is 0 Å².